The first-order chi connectivity index (χ1) is 6.82. The van der Waals surface area contributed by atoms with E-state index in [9.17, 15) is 14.4 Å². The van der Waals surface area contributed by atoms with E-state index in [0.717, 1.165) is 5.69 Å². The highest BCUT2D eigenvalue weighted by atomic mass is 31.2. The van der Waals surface area contributed by atoms with Gasteiger partial charge in [0.2, 0.25) is 0 Å². The van der Waals surface area contributed by atoms with Gasteiger partial charge in [0.15, 0.2) is 0 Å². The van der Waals surface area contributed by atoms with Gasteiger partial charge in [0.25, 0.3) is 0 Å². The van der Waals surface area contributed by atoms with E-state index in [1.807, 2.05) is 19.0 Å². The van der Waals surface area contributed by atoms with Crippen molar-refractivity contribution >= 4 is 13.3 Å². The van der Waals surface area contributed by atoms with Gasteiger partial charge >= 0.3 is 0 Å². The van der Waals surface area contributed by atoms with Crippen molar-refractivity contribution in [1.82, 2.24) is 0 Å². The smallest absolute Gasteiger partial charge is 0.135 e. The van der Waals surface area contributed by atoms with Gasteiger partial charge in [-0.05, 0) is 19.7 Å². The molecule has 0 bridgehead atoms. The molecule has 1 atom stereocenters. The van der Waals surface area contributed by atoms with Crippen molar-refractivity contribution in [2.45, 2.75) is 5.78 Å². The number of rotatable bonds is 3. The van der Waals surface area contributed by atoms with Crippen LogP contribution in [0.2, 0.25) is 0 Å². The van der Waals surface area contributed by atoms with Crippen LogP contribution in [-0.2, 0) is 4.57 Å². The van der Waals surface area contributed by atoms with E-state index < -0.39 is 13.4 Å². The zero-order valence-electron chi connectivity index (χ0n) is 8.71. The molecule has 1 aromatic rings. The first-order valence-electron chi connectivity index (χ1n) is 4.44. The van der Waals surface area contributed by atoms with Crippen molar-refractivity contribution in [2.75, 3.05) is 19.0 Å². The molecule has 0 aliphatic rings. The maximum Gasteiger partial charge on any atom is 0.135 e. The number of quaternary nitrogens is 1. The maximum absolute atomic E-state index is 10.7. The minimum absolute atomic E-state index is 0.425. The van der Waals surface area contributed by atoms with E-state index in [1.165, 1.54) is 0 Å². The summed E-state index contributed by atoms with van der Waals surface area (Å²) in [4.78, 5) is 23.4. The van der Waals surface area contributed by atoms with Gasteiger partial charge in [-0.25, -0.2) is 0 Å². The highest BCUT2D eigenvalue weighted by molar-refractivity contribution is 7.48. The molecule has 0 heterocycles. The van der Waals surface area contributed by atoms with Crippen molar-refractivity contribution < 1.29 is 20.1 Å². The van der Waals surface area contributed by atoms with E-state index in [0.29, 0.717) is 5.56 Å². The molecule has 0 unspecified atom stereocenters. The third kappa shape index (κ3) is 3.04. The zero-order chi connectivity index (χ0) is 11.6. The molecule has 6 heteroatoms. The Bertz CT molecular complexity index is 371. The molecule has 0 radical (unpaired) electrons. The minimum Gasteiger partial charge on any atom is -0.806 e. The molecule has 1 aromatic carbocycles. The second kappa shape index (κ2) is 4.33. The molecule has 84 valence electrons. The molecule has 0 aliphatic heterocycles. The summed E-state index contributed by atoms with van der Waals surface area (Å²) in [5.41, 5.74) is 4.72. The van der Waals surface area contributed by atoms with E-state index in [4.69, 9.17) is 0 Å². The number of benzene rings is 1. The molecule has 0 spiro atoms. The van der Waals surface area contributed by atoms with E-state index in [2.05, 4.69) is 5.73 Å². The second-order valence-electron chi connectivity index (χ2n) is 3.54. The lowest BCUT2D eigenvalue weighted by molar-refractivity contribution is -0.434. The molecule has 0 fully saturated rings. The van der Waals surface area contributed by atoms with Gasteiger partial charge in [0.1, 0.15) is 5.78 Å². The Morgan fingerprint density at radius 3 is 2.07 bits per heavy atom. The lowest BCUT2D eigenvalue weighted by atomic mass is 10.2. The highest BCUT2D eigenvalue weighted by Crippen LogP contribution is 2.38. The maximum atomic E-state index is 10.7. The first kappa shape index (κ1) is 12.2. The normalized spacial score (nSPS) is 13.7. The van der Waals surface area contributed by atoms with Crippen LogP contribution < -0.4 is 20.4 Å². The Kier molecular flexibility index (Phi) is 3.52. The predicted octanol–water partition coefficient (Wildman–Crippen LogP) is -1.09. The van der Waals surface area contributed by atoms with Crippen LogP contribution in [0.25, 0.3) is 0 Å². The van der Waals surface area contributed by atoms with Gasteiger partial charge in [-0.3, -0.25) is 0 Å². The first-order valence-corrected chi connectivity index (χ1v) is 6.05. The Morgan fingerprint density at radius 1 is 1.27 bits per heavy atom. The Balaban J connectivity index is 2.94. The van der Waals surface area contributed by atoms with Gasteiger partial charge in [-0.2, -0.15) is 0 Å². The predicted molar refractivity (Wildman–Crippen MR) is 54.0 cm³/mol. The lowest BCUT2D eigenvalue weighted by Crippen LogP contribution is -2.56. The van der Waals surface area contributed by atoms with Crippen molar-refractivity contribution in [2.24, 2.45) is 0 Å². The van der Waals surface area contributed by atoms with Gasteiger partial charge in [0.05, 0.1) is 0 Å². The number of hydrogen-bond donors (Lipinski definition) is 1. The fourth-order valence-corrected chi connectivity index (χ4v) is 1.71. The largest absolute Gasteiger partial charge is 0.806 e. The molecule has 1 rings (SSSR count). The standard InChI is InChI=1S/C9H15N2O3P/c1-11(2)8-5-3-7(4-6-8)9(10)15(12,13)14/h3-6,9H,10H2,1-2H3,(H2,12,13,14)/p-1/t9-/m0/s1. The fourth-order valence-electron chi connectivity index (χ4n) is 1.18. The van der Waals surface area contributed by atoms with Crippen LogP contribution in [0, 0.1) is 0 Å². The molecule has 0 aliphatic carbocycles. The third-order valence-electron chi connectivity index (χ3n) is 2.18. The molecule has 0 amide bonds. The summed E-state index contributed by atoms with van der Waals surface area (Å²) < 4.78 is 10.7. The van der Waals surface area contributed by atoms with Crippen molar-refractivity contribution in [1.29, 1.82) is 0 Å². The minimum atomic E-state index is -4.64. The van der Waals surface area contributed by atoms with Crippen LogP contribution in [-0.4, -0.2) is 14.1 Å². The quantitative estimate of drug-likeness (QED) is 0.666. The average Bonchev–Trinajstić information content (AvgIpc) is 2.15. The summed E-state index contributed by atoms with van der Waals surface area (Å²) in [5, 5.41) is 0. The molecular formula is C9H14N2O3P-. The SMILES string of the molecule is CN(C)c1ccc([C@@H]([NH3+])P(=O)([O-])[O-])cc1. The second-order valence-corrected chi connectivity index (χ2v) is 5.24. The van der Waals surface area contributed by atoms with E-state index in [-0.39, 0.29) is 0 Å². The Morgan fingerprint density at radius 2 is 1.73 bits per heavy atom. The molecule has 0 aromatic heterocycles. The molecular weight excluding hydrogens is 215 g/mol. The summed E-state index contributed by atoms with van der Waals surface area (Å²) >= 11 is 0. The van der Waals surface area contributed by atoms with E-state index >= 15 is 0 Å². The lowest BCUT2D eigenvalue weighted by Gasteiger charge is -2.32. The molecule has 5 nitrogen and oxygen atoms in total. The van der Waals surface area contributed by atoms with Gasteiger partial charge in [0, 0.05) is 25.3 Å². The average molecular weight is 229 g/mol. The van der Waals surface area contributed by atoms with Gasteiger partial charge in [-0.1, -0.05) is 12.1 Å². The summed E-state index contributed by atoms with van der Waals surface area (Å²) in [6.07, 6.45) is 0. The molecule has 0 saturated heterocycles. The van der Waals surface area contributed by atoms with E-state index in [1.54, 1.807) is 24.3 Å². The van der Waals surface area contributed by atoms with Crippen LogP contribution in [0.3, 0.4) is 0 Å². The fraction of sp³-hybridized carbons (Fsp3) is 0.333. The Labute approximate surface area is 88.7 Å². The zero-order valence-corrected chi connectivity index (χ0v) is 9.61. The summed E-state index contributed by atoms with van der Waals surface area (Å²) in [5.74, 6) is -1.21. The highest BCUT2D eigenvalue weighted by Gasteiger charge is 2.13. The van der Waals surface area contributed by atoms with Crippen LogP contribution in [0.1, 0.15) is 11.3 Å². The molecule has 15 heavy (non-hydrogen) atoms. The van der Waals surface area contributed by atoms with Crippen LogP contribution >= 0.6 is 7.60 Å². The topological polar surface area (TPSA) is 94.1 Å². The summed E-state index contributed by atoms with van der Waals surface area (Å²) in [7, 11) is -0.887. The van der Waals surface area contributed by atoms with Crippen molar-refractivity contribution in [3.05, 3.63) is 29.8 Å². The van der Waals surface area contributed by atoms with Gasteiger partial charge in [-0.15, -0.1) is 0 Å². The number of hydrogen-bond acceptors (Lipinski definition) is 4. The van der Waals surface area contributed by atoms with Crippen molar-refractivity contribution in [3.63, 3.8) is 0 Å². The summed E-state index contributed by atoms with van der Waals surface area (Å²) in [6, 6.07) is 6.72. The summed E-state index contributed by atoms with van der Waals surface area (Å²) in [6.45, 7) is 0. The molecule has 3 N–H and O–H groups in total. The number of nitrogens with zero attached hydrogens (tertiary/aromatic N) is 1. The van der Waals surface area contributed by atoms with Crippen LogP contribution in [0.5, 0.6) is 0 Å². The van der Waals surface area contributed by atoms with Crippen LogP contribution in [0.15, 0.2) is 24.3 Å². The molecule has 0 saturated carbocycles. The Hall–Kier alpha value is -0.870. The van der Waals surface area contributed by atoms with Crippen molar-refractivity contribution in [3.8, 4) is 0 Å². The van der Waals surface area contributed by atoms with Gasteiger partial charge < -0.3 is 25.0 Å². The monoisotopic (exact) mass is 229 g/mol. The number of anilines is 1. The van der Waals surface area contributed by atoms with Crippen LogP contribution in [0.4, 0.5) is 5.69 Å². The third-order valence-corrected chi connectivity index (χ3v) is 3.24.